The van der Waals surface area contributed by atoms with Crippen molar-refractivity contribution in [1.82, 2.24) is 19.7 Å². The molecule has 20 heavy (non-hydrogen) atoms. The molecule has 0 aliphatic carbocycles. The summed E-state index contributed by atoms with van der Waals surface area (Å²) in [6.45, 7) is 4.27. The van der Waals surface area contributed by atoms with Gasteiger partial charge >= 0.3 is 0 Å². The first-order valence-corrected chi connectivity index (χ1v) is 6.79. The van der Waals surface area contributed by atoms with Gasteiger partial charge in [-0.15, -0.1) is 10.2 Å². The molecule has 0 bridgehead atoms. The second kappa shape index (κ2) is 5.58. The summed E-state index contributed by atoms with van der Waals surface area (Å²) in [6.07, 6.45) is 1.71. The van der Waals surface area contributed by atoms with Crippen LogP contribution >= 0.6 is 0 Å². The van der Waals surface area contributed by atoms with Gasteiger partial charge in [-0.2, -0.15) is 0 Å². The number of piperazine rings is 1. The van der Waals surface area contributed by atoms with Crippen LogP contribution in [-0.2, 0) is 13.6 Å². The molecule has 1 saturated heterocycles. The molecule has 2 aromatic rings. The molecule has 0 saturated carbocycles. The van der Waals surface area contributed by atoms with Gasteiger partial charge in [0.25, 0.3) is 0 Å². The Morgan fingerprint density at radius 3 is 2.55 bits per heavy atom. The quantitative estimate of drug-likeness (QED) is 0.845. The van der Waals surface area contributed by atoms with Crippen molar-refractivity contribution in [2.24, 2.45) is 7.05 Å². The van der Waals surface area contributed by atoms with Crippen molar-refractivity contribution in [3.05, 3.63) is 42.2 Å². The van der Waals surface area contributed by atoms with Gasteiger partial charge in [-0.3, -0.25) is 4.90 Å². The summed E-state index contributed by atoms with van der Waals surface area (Å²) in [4.78, 5) is 4.42. The highest BCUT2D eigenvalue weighted by Gasteiger charge is 2.20. The number of hydrogen-bond donors (Lipinski definition) is 0. The van der Waals surface area contributed by atoms with Crippen molar-refractivity contribution in [3.8, 4) is 0 Å². The minimum absolute atomic E-state index is 0.144. The SMILES string of the molecule is Cn1cnnc1CN1CCN(c2ccccc2F)CC1. The highest BCUT2D eigenvalue weighted by atomic mass is 19.1. The Morgan fingerprint density at radius 2 is 1.90 bits per heavy atom. The monoisotopic (exact) mass is 275 g/mol. The number of benzene rings is 1. The van der Waals surface area contributed by atoms with Gasteiger partial charge in [0.2, 0.25) is 0 Å². The third kappa shape index (κ3) is 2.65. The van der Waals surface area contributed by atoms with Gasteiger partial charge in [0, 0.05) is 33.2 Å². The lowest BCUT2D eigenvalue weighted by molar-refractivity contribution is 0.241. The Labute approximate surface area is 117 Å². The maximum Gasteiger partial charge on any atom is 0.146 e. The standard InChI is InChI=1S/C14H18FN5/c1-18-11-16-17-14(18)10-19-6-8-20(9-7-19)13-5-3-2-4-12(13)15/h2-5,11H,6-10H2,1H3. The predicted molar refractivity (Wildman–Crippen MR) is 74.9 cm³/mol. The van der Waals surface area contributed by atoms with Gasteiger partial charge in [-0.1, -0.05) is 12.1 Å². The van der Waals surface area contributed by atoms with Crippen molar-refractivity contribution >= 4 is 5.69 Å². The normalized spacial score (nSPS) is 16.6. The molecule has 1 fully saturated rings. The number of halogens is 1. The van der Waals surface area contributed by atoms with E-state index in [4.69, 9.17) is 0 Å². The van der Waals surface area contributed by atoms with Crippen LogP contribution in [0.15, 0.2) is 30.6 Å². The summed E-state index contributed by atoms with van der Waals surface area (Å²) in [5.74, 6) is 0.818. The van der Waals surface area contributed by atoms with Crippen LogP contribution in [-0.4, -0.2) is 45.8 Å². The average Bonchev–Trinajstić information content (AvgIpc) is 2.86. The third-order valence-corrected chi connectivity index (χ3v) is 3.74. The number of hydrogen-bond acceptors (Lipinski definition) is 4. The lowest BCUT2D eigenvalue weighted by Gasteiger charge is -2.35. The minimum Gasteiger partial charge on any atom is -0.367 e. The van der Waals surface area contributed by atoms with Crippen molar-refractivity contribution in [3.63, 3.8) is 0 Å². The second-order valence-corrected chi connectivity index (χ2v) is 5.07. The van der Waals surface area contributed by atoms with E-state index in [1.165, 1.54) is 6.07 Å². The van der Waals surface area contributed by atoms with E-state index in [1.54, 1.807) is 12.4 Å². The lowest BCUT2D eigenvalue weighted by atomic mass is 10.2. The fourth-order valence-corrected chi connectivity index (χ4v) is 2.51. The topological polar surface area (TPSA) is 37.2 Å². The predicted octanol–water partition coefficient (Wildman–Crippen LogP) is 1.28. The fourth-order valence-electron chi connectivity index (χ4n) is 2.51. The van der Waals surface area contributed by atoms with Gasteiger partial charge < -0.3 is 9.47 Å². The van der Waals surface area contributed by atoms with Crippen molar-refractivity contribution in [2.45, 2.75) is 6.54 Å². The van der Waals surface area contributed by atoms with Crippen LogP contribution in [0.5, 0.6) is 0 Å². The van der Waals surface area contributed by atoms with Crippen LogP contribution < -0.4 is 4.90 Å². The zero-order valence-electron chi connectivity index (χ0n) is 11.5. The molecule has 0 amide bonds. The van der Waals surface area contributed by atoms with Gasteiger partial charge in [0.15, 0.2) is 0 Å². The summed E-state index contributed by atoms with van der Waals surface area (Å²) >= 11 is 0. The van der Waals surface area contributed by atoms with E-state index in [-0.39, 0.29) is 5.82 Å². The van der Waals surface area contributed by atoms with Crippen LogP contribution in [0.3, 0.4) is 0 Å². The Morgan fingerprint density at radius 1 is 1.15 bits per heavy atom. The number of aromatic nitrogens is 3. The van der Waals surface area contributed by atoms with Gasteiger partial charge in [0.1, 0.15) is 18.0 Å². The molecule has 0 radical (unpaired) electrons. The third-order valence-electron chi connectivity index (χ3n) is 3.74. The molecule has 0 atom stereocenters. The Balaban J connectivity index is 1.60. The first kappa shape index (κ1) is 13.1. The van der Waals surface area contributed by atoms with Gasteiger partial charge in [0.05, 0.1) is 12.2 Å². The van der Waals surface area contributed by atoms with E-state index >= 15 is 0 Å². The van der Waals surface area contributed by atoms with E-state index < -0.39 is 0 Å². The molecule has 3 rings (SSSR count). The smallest absolute Gasteiger partial charge is 0.146 e. The summed E-state index contributed by atoms with van der Waals surface area (Å²) in [5, 5.41) is 7.99. The van der Waals surface area contributed by atoms with Crippen LogP contribution in [0, 0.1) is 5.82 Å². The molecule has 1 aromatic heterocycles. The average molecular weight is 275 g/mol. The zero-order chi connectivity index (χ0) is 13.9. The molecular formula is C14H18FN5. The lowest BCUT2D eigenvalue weighted by Crippen LogP contribution is -2.46. The summed E-state index contributed by atoms with van der Waals surface area (Å²) in [7, 11) is 1.95. The highest BCUT2D eigenvalue weighted by molar-refractivity contribution is 5.47. The highest BCUT2D eigenvalue weighted by Crippen LogP contribution is 2.20. The minimum atomic E-state index is -0.144. The largest absolute Gasteiger partial charge is 0.367 e. The Kier molecular flexibility index (Phi) is 3.64. The van der Waals surface area contributed by atoms with E-state index in [0.717, 1.165) is 38.5 Å². The first-order valence-electron chi connectivity index (χ1n) is 6.79. The van der Waals surface area contributed by atoms with Gasteiger partial charge in [-0.05, 0) is 12.1 Å². The maximum absolute atomic E-state index is 13.8. The van der Waals surface area contributed by atoms with Crippen molar-refractivity contribution in [2.75, 3.05) is 31.1 Å². The Hall–Kier alpha value is -1.95. The fraction of sp³-hybridized carbons (Fsp3) is 0.429. The van der Waals surface area contributed by atoms with E-state index in [2.05, 4.69) is 20.0 Å². The molecule has 106 valence electrons. The van der Waals surface area contributed by atoms with E-state index in [1.807, 2.05) is 23.7 Å². The number of para-hydroxylation sites is 1. The van der Waals surface area contributed by atoms with Crippen molar-refractivity contribution < 1.29 is 4.39 Å². The molecule has 0 spiro atoms. The molecular weight excluding hydrogens is 257 g/mol. The maximum atomic E-state index is 13.8. The van der Waals surface area contributed by atoms with Gasteiger partial charge in [-0.25, -0.2) is 4.39 Å². The molecule has 1 aliphatic rings. The second-order valence-electron chi connectivity index (χ2n) is 5.07. The molecule has 2 heterocycles. The molecule has 1 aliphatic heterocycles. The number of nitrogens with zero attached hydrogens (tertiary/aromatic N) is 5. The molecule has 6 heteroatoms. The van der Waals surface area contributed by atoms with E-state index in [0.29, 0.717) is 5.69 Å². The van der Waals surface area contributed by atoms with Crippen molar-refractivity contribution in [1.29, 1.82) is 0 Å². The number of anilines is 1. The molecule has 1 aromatic carbocycles. The van der Waals surface area contributed by atoms with Crippen LogP contribution in [0.1, 0.15) is 5.82 Å². The number of aryl methyl sites for hydroxylation is 1. The molecule has 5 nitrogen and oxygen atoms in total. The zero-order valence-corrected chi connectivity index (χ0v) is 11.5. The summed E-state index contributed by atoms with van der Waals surface area (Å²) in [5.41, 5.74) is 0.700. The molecule has 0 N–H and O–H groups in total. The number of rotatable bonds is 3. The Bertz CT molecular complexity index is 574. The first-order chi connectivity index (χ1) is 9.74. The van der Waals surface area contributed by atoms with Crippen LogP contribution in [0.25, 0.3) is 0 Å². The van der Waals surface area contributed by atoms with E-state index in [9.17, 15) is 4.39 Å². The summed E-state index contributed by atoms with van der Waals surface area (Å²) in [6, 6.07) is 6.96. The molecule has 0 unspecified atom stereocenters. The summed E-state index contributed by atoms with van der Waals surface area (Å²) < 4.78 is 15.7. The van der Waals surface area contributed by atoms with Crippen LogP contribution in [0.2, 0.25) is 0 Å². The van der Waals surface area contributed by atoms with Crippen LogP contribution in [0.4, 0.5) is 10.1 Å².